The molecule has 2 aromatic heterocycles. The van der Waals surface area contributed by atoms with Gasteiger partial charge in [-0.2, -0.15) is 0 Å². The van der Waals surface area contributed by atoms with Crippen molar-refractivity contribution in [2.24, 2.45) is 11.8 Å². The van der Waals surface area contributed by atoms with E-state index in [1.807, 2.05) is 6.07 Å². The van der Waals surface area contributed by atoms with Gasteiger partial charge >= 0.3 is 0 Å². The maximum absolute atomic E-state index is 12.6. The molecule has 0 aromatic carbocycles. The highest BCUT2D eigenvalue weighted by Gasteiger charge is 2.30. The first-order valence-corrected chi connectivity index (χ1v) is 8.66. The van der Waals surface area contributed by atoms with Crippen LogP contribution in [-0.4, -0.2) is 31.4 Å². The van der Waals surface area contributed by atoms with Crippen LogP contribution in [0.4, 0.5) is 5.82 Å². The first kappa shape index (κ1) is 14.3. The van der Waals surface area contributed by atoms with E-state index in [9.17, 15) is 8.42 Å². The van der Waals surface area contributed by atoms with Crippen LogP contribution < -0.4 is 10.0 Å². The third kappa shape index (κ3) is 2.75. The van der Waals surface area contributed by atoms with Crippen molar-refractivity contribution in [3.63, 3.8) is 0 Å². The molecule has 2 aromatic rings. The molecule has 7 heteroatoms. The Morgan fingerprint density at radius 2 is 2.19 bits per heavy atom. The lowest BCUT2D eigenvalue weighted by molar-refractivity contribution is 0.491. The Bertz CT molecular complexity index is 749. The third-order valence-electron chi connectivity index (χ3n) is 4.00. The lowest BCUT2D eigenvalue weighted by Crippen LogP contribution is -2.30. The van der Waals surface area contributed by atoms with Gasteiger partial charge in [0.15, 0.2) is 10.8 Å². The predicted molar refractivity (Wildman–Crippen MR) is 81.8 cm³/mol. The summed E-state index contributed by atoms with van der Waals surface area (Å²) >= 11 is 0. The molecule has 114 valence electrons. The molecule has 1 aliphatic rings. The number of aromatic nitrogens is 2. The lowest BCUT2D eigenvalue weighted by Gasteiger charge is -2.12. The van der Waals surface area contributed by atoms with Crippen molar-refractivity contribution in [3.8, 4) is 0 Å². The van der Waals surface area contributed by atoms with E-state index < -0.39 is 10.0 Å². The van der Waals surface area contributed by atoms with E-state index in [-0.39, 0.29) is 5.03 Å². The number of nitrogens with zero attached hydrogens (tertiary/aromatic N) is 2. The number of fused-ring (bicyclic) bond motifs is 1. The van der Waals surface area contributed by atoms with E-state index >= 15 is 0 Å². The highest BCUT2D eigenvalue weighted by Crippen LogP contribution is 2.36. The molecule has 1 aliphatic carbocycles. The van der Waals surface area contributed by atoms with Gasteiger partial charge in [-0.3, -0.25) is 4.40 Å². The number of hydrogen-bond donors (Lipinski definition) is 2. The van der Waals surface area contributed by atoms with Crippen molar-refractivity contribution in [1.29, 1.82) is 0 Å². The minimum absolute atomic E-state index is 0.170. The van der Waals surface area contributed by atoms with Crippen LogP contribution in [0.5, 0.6) is 0 Å². The SMILES string of the molecule is CNc1nc2ccccn2c1S(=O)(=O)NCC(C)C1CC1. The first-order valence-electron chi connectivity index (χ1n) is 7.17. The Labute approximate surface area is 124 Å². The Hall–Kier alpha value is -1.60. The first-order chi connectivity index (χ1) is 10.0. The number of imidazole rings is 1. The van der Waals surface area contributed by atoms with Crippen LogP contribution in [0.1, 0.15) is 19.8 Å². The van der Waals surface area contributed by atoms with E-state index in [1.165, 1.54) is 12.8 Å². The largest absolute Gasteiger partial charge is 0.371 e. The standard InChI is InChI=1S/C14H20N4O2S/c1-10(11-6-7-11)9-16-21(19,20)14-13(15-2)17-12-5-3-4-8-18(12)14/h3-5,8,10-11,15-16H,6-7,9H2,1-2H3. The maximum atomic E-state index is 12.6. The second kappa shape index (κ2) is 5.31. The average molecular weight is 308 g/mol. The van der Waals surface area contributed by atoms with Gasteiger partial charge in [0.2, 0.25) is 0 Å². The van der Waals surface area contributed by atoms with Gasteiger partial charge in [0.25, 0.3) is 10.0 Å². The number of anilines is 1. The molecule has 6 nitrogen and oxygen atoms in total. The van der Waals surface area contributed by atoms with Gasteiger partial charge in [-0.15, -0.1) is 0 Å². The molecule has 0 bridgehead atoms. The Morgan fingerprint density at radius 3 is 2.86 bits per heavy atom. The summed E-state index contributed by atoms with van der Waals surface area (Å²) in [4.78, 5) is 4.30. The van der Waals surface area contributed by atoms with Gasteiger partial charge in [-0.05, 0) is 36.8 Å². The minimum atomic E-state index is -3.60. The van der Waals surface area contributed by atoms with Gasteiger partial charge in [-0.1, -0.05) is 13.0 Å². The molecule has 2 heterocycles. The topological polar surface area (TPSA) is 75.5 Å². The third-order valence-corrected chi connectivity index (χ3v) is 5.45. The van der Waals surface area contributed by atoms with Crippen LogP contribution in [0.2, 0.25) is 0 Å². The van der Waals surface area contributed by atoms with E-state index in [1.54, 1.807) is 29.8 Å². The Kier molecular flexibility index (Phi) is 3.62. The molecule has 0 radical (unpaired) electrons. The van der Waals surface area contributed by atoms with Gasteiger partial charge in [0.05, 0.1) is 0 Å². The van der Waals surface area contributed by atoms with Crippen molar-refractivity contribution in [3.05, 3.63) is 24.4 Å². The molecule has 0 saturated heterocycles. The monoisotopic (exact) mass is 308 g/mol. The van der Waals surface area contributed by atoms with Crippen molar-refractivity contribution in [2.75, 3.05) is 18.9 Å². The van der Waals surface area contributed by atoms with E-state index in [4.69, 9.17) is 0 Å². The summed E-state index contributed by atoms with van der Waals surface area (Å²) < 4.78 is 29.6. The van der Waals surface area contributed by atoms with Gasteiger partial charge in [0, 0.05) is 19.8 Å². The summed E-state index contributed by atoms with van der Waals surface area (Å²) in [5.41, 5.74) is 0.609. The van der Waals surface area contributed by atoms with Crippen LogP contribution >= 0.6 is 0 Å². The van der Waals surface area contributed by atoms with Crippen molar-refractivity contribution < 1.29 is 8.42 Å². The fraction of sp³-hybridized carbons (Fsp3) is 0.500. The number of sulfonamides is 1. The summed E-state index contributed by atoms with van der Waals surface area (Å²) in [6, 6.07) is 5.41. The smallest absolute Gasteiger partial charge is 0.260 e. The quantitative estimate of drug-likeness (QED) is 0.851. The number of nitrogens with one attached hydrogen (secondary N) is 2. The lowest BCUT2D eigenvalue weighted by atomic mass is 10.1. The van der Waals surface area contributed by atoms with E-state index in [0.717, 1.165) is 0 Å². The second-order valence-corrected chi connectivity index (χ2v) is 7.29. The molecule has 2 N–H and O–H groups in total. The van der Waals surface area contributed by atoms with Crippen molar-refractivity contribution in [2.45, 2.75) is 24.8 Å². The van der Waals surface area contributed by atoms with Crippen LogP contribution in [0, 0.1) is 11.8 Å². The van der Waals surface area contributed by atoms with Crippen LogP contribution in [0.25, 0.3) is 5.65 Å². The van der Waals surface area contributed by atoms with Gasteiger partial charge < -0.3 is 5.32 Å². The molecule has 3 rings (SSSR count). The Morgan fingerprint density at radius 1 is 1.43 bits per heavy atom. The molecule has 1 fully saturated rings. The zero-order valence-electron chi connectivity index (χ0n) is 12.2. The summed E-state index contributed by atoms with van der Waals surface area (Å²) in [6.07, 6.45) is 4.13. The van der Waals surface area contributed by atoms with Gasteiger partial charge in [0.1, 0.15) is 5.65 Å². The molecule has 21 heavy (non-hydrogen) atoms. The number of rotatable bonds is 6. The van der Waals surface area contributed by atoms with E-state index in [2.05, 4.69) is 21.9 Å². The molecule has 1 unspecified atom stereocenters. The second-order valence-electron chi connectivity index (χ2n) is 5.61. The van der Waals surface area contributed by atoms with Crippen LogP contribution in [0.15, 0.2) is 29.4 Å². The van der Waals surface area contributed by atoms with Crippen molar-refractivity contribution in [1.82, 2.24) is 14.1 Å². The number of hydrogen-bond acceptors (Lipinski definition) is 4. The van der Waals surface area contributed by atoms with Gasteiger partial charge in [-0.25, -0.2) is 18.1 Å². The molecule has 0 spiro atoms. The highest BCUT2D eigenvalue weighted by atomic mass is 32.2. The highest BCUT2D eigenvalue weighted by molar-refractivity contribution is 7.89. The molecule has 0 aliphatic heterocycles. The molecular formula is C14H20N4O2S. The average Bonchev–Trinajstić information content (AvgIpc) is 3.24. The number of pyridine rings is 1. The molecule has 1 saturated carbocycles. The predicted octanol–water partition coefficient (Wildman–Crippen LogP) is 1.70. The maximum Gasteiger partial charge on any atom is 0.260 e. The van der Waals surface area contributed by atoms with Crippen LogP contribution in [-0.2, 0) is 10.0 Å². The zero-order chi connectivity index (χ0) is 15.0. The molecular weight excluding hydrogens is 288 g/mol. The fourth-order valence-electron chi connectivity index (χ4n) is 2.53. The van der Waals surface area contributed by atoms with E-state index in [0.29, 0.717) is 29.8 Å². The fourth-order valence-corrected chi connectivity index (χ4v) is 3.97. The summed E-state index contributed by atoms with van der Waals surface area (Å²) in [5, 5.41) is 3.03. The molecule has 0 amide bonds. The summed E-state index contributed by atoms with van der Waals surface area (Å²) in [6.45, 7) is 2.56. The Balaban J connectivity index is 1.93. The summed E-state index contributed by atoms with van der Waals surface area (Å²) in [5.74, 6) is 1.41. The summed E-state index contributed by atoms with van der Waals surface area (Å²) in [7, 11) is -1.92. The zero-order valence-corrected chi connectivity index (χ0v) is 13.0. The normalized spacial score (nSPS) is 17.0. The molecule has 1 atom stereocenters. The van der Waals surface area contributed by atoms with Crippen LogP contribution in [0.3, 0.4) is 0 Å². The van der Waals surface area contributed by atoms with Crippen molar-refractivity contribution >= 4 is 21.5 Å². The minimum Gasteiger partial charge on any atom is -0.371 e.